The first kappa shape index (κ1) is 16.1. The highest BCUT2D eigenvalue weighted by atomic mass is 32.1. The minimum absolute atomic E-state index is 0.0884. The van der Waals surface area contributed by atoms with Crippen LogP contribution in [0.3, 0.4) is 0 Å². The summed E-state index contributed by atoms with van der Waals surface area (Å²) in [5.41, 5.74) is 0.306. The molecule has 0 bridgehead atoms. The second-order valence-electron chi connectivity index (χ2n) is 6.61. The van der Waals surface area contributed by atoms with Crippen LogP contribution in [0, 0.1) is 0 Å². The first-order valence-electron chi connectivity index (χ1n) is 8.01. The van der Waals surface area contributed by atoms with E-state index in [2.05, 4.69) is 46.2 Å². The van der Waals surface area contributed by atoms with Crippen LogP contribution in [0.25, 0.3) is 0 Å². The standard InChI is InChI=1S/C16H23N5OS/c1-16(2,14-4-3-9-23-14)11-18-15(22)13-10-21(20-19-13)12-5-7-17-8-6-12/h3-4,9-10,12,17H,5-8,11H2,1-2H3,(H,18,22). The average Bonchev–Trinajstić information content (AvgIpc) is 3.25. The Labute approximate surface area is 140 Å². The van der Waals surface area contributed by atoms with Gasteiger partial charge in [-0.05, 0) is 37.4 Å². The molecular formula is C16H23N5OS. The van der Waals surface area contributed by atoms with Crippen molar-refractivity contribution in [1.82, 2.24) is 25.6 Å². The maximum Gasteiger partial charge on any atom is 0.273 e. The summed E-state index contributed by atoms with van der Waals surface area (Å²) in [6.07, 6.45) is 3.81. The molecule has 3 rings (SSSR count). The van der Waals surface area contributed by atoms with Gasteiger partial charge in [-0.3, -0.25) is 4.79 Å². The molecule has 1 aliphatic rings. The van der Waals surface area contributed by atoms with Crippen molar-refractivity contribution in [2.75, 3.05) is 19.6 Å². The first-order valence-corrected chi connectivity index (χ1v) is 8.89. The second-order valence-corrected chi connectivity index (χ2v) is 7.56. The number of rotatable bonds is 5. The van der Waals surface area contributed by atoms with Crippen molar-refractivity contribution in [2.24, 2.45) is 0 Å². The van der Waals surface area contributed by atoms with Gasteiger partial charge in [-0.25, -0.2) is 4.68 Å². The Bertz CT molecular complexity index is 643. The van der Waals surface area contributed by atoms with E-state index >= 15 is 0 Å². The molecule has 2 aromatic heterocycles. The Balaban J connectivity index is 1.59. The highest BCUT2D eigenvalue weighted by Gasteiger charge is 2.24. The van der Waals surface area contributed by atoms with E-state index in [4.69, 9.17) is 0 Å². The lowest BCUT2D eigenvalue weighted by Crippen LogP contribution is -2.36. The Kier molecular flexibility index (Phi) is 4.77. The highest BCUT2D eigenvalue weighted by molar-refractivity contribution is 7.10. The largest absolute Gasteiger partial charge is 0.350 e. The molecule has 1 fully saturated rings. The maximum absolute atomic E-state index is 12.3. The summed E-state index contributed by atoms with van der Waals surface area (Å²) in [7, 11) is 0. The van der Waals surface area contributed by atoms with Crippen LogP contribution in [0.15, 0.2) is 23.7 Å². The summed E-state index contributed by atoms with van der Waals surface area (Å²) in [6.45, 7) is 6.81. The lowest BCUT2D eigenvalue weighted by molar-refractivity contribution is 0.0941. The van der Waals surface area contributed by atoms with Crippen LogP contribution >= 0.6 is 11.3 Å². The predicted octanol–water partition coefficient (Wildman–Crippen LogP) is 1.97. The number of thiophene rings is 1. The summed E-state index contributed by atoms with van der Waals surface area (Å²) < 4.78 is 1.83. The van der Waals surface area contributed by atoms with Gasteiger partial charge in [0.25, 0.3) is 5.91 Å². The van der Waals surface area contributed by atoms with E-state index in [1.165, 1.54) is 4.88 Å². The Morgan fingerprint density at radius 3 is 2.96 bits per heavy atom. The van der Waals surface area contributed by atoms with Gasteiger partial charge in [0, 0.05) is 16.8 Å². The van der Waals surface area contributed by atoms with Crippen molar-refractivity contribution >= 4 is 17.2 Å². The molecule has 0 unspecified atom stereocenters. The number of nitrogens with zero attached hydrogens (tertiary/aromatic N) is 3. The fourth-order valence-corrected chi connectivity index (χ4v) is 3.63. The molecule has 0 spiro atoms. The number of piperidine rings is 1. The van der Waals surface area contributed by atoms with Crippen LogP contribution in [-0.2, 0) is 5.41 Å². The van der Waals surface area contributed by atoms with E-state index < -0.39 is 0 Å². The fraction of sp³-hybridized carbons (Fsp3) is 0.562. The third-order valence-corrected chi connectivity index (χ3v) is 5.54. The minimum Gasteiger partial charge on any atom is -0.350 e. The normalized spacial score (nSPS) is 16.4. The molecule has 0 atom stereocenters. The van der Waals surface area contributed by atoms with Gasteiger partial charge >= 0.3 is 0 Å². The first-order chi connectivity index (χ1) is 11.1. The Hall–Kier alpha value is -1.73. The number of nitrogens with one attached hydrogen (secondary N) is 2. The van der Waals surface area contributed by atoms with Gasteiger partial charge in [0.15, 0.2) is 5.69 Å². The molecule has 3 heterocycles. The molecular weight excluding hydrogens is 310 g/mol. The zero-order valence-electron chi connectivity index (χ0n) is 13.6. The molecule has 2 aromatic rings. The second kappa shape index (κ2) is 6.80. The summed E-state index contributed by atoms with van der Waals surface area (Å²) in [5, 5.41) is 16.5. The fourth-order valence-electron chi connectivity index (χ4n) is 2.77. The minimum atomic E-state index is -0.158. The molecule has 0 aromatic carbocycles. The van der Waals surface area contributed by atoms with E-state index in [9.17, 15) is 4.79 Å². The van der Waals surface area contributed by atoms with Crippen molar-refractivity contribution in [3.8, 4) is 0 Å². The van der Waals surface area contributed by atoms with Gasteiger partial charge in [-0.2, -0.15) is 0 Å². The molecule has 23 heavy (non-hydrogen) atoms. The smallest absolute Gasteiger partial charge is 0.273 e. The molecule has 6 nitrogen and oxygen atoms in total. The third kappa shape index (κ3) is 3.79. The lowest BCUT2D eigenvalue weighted by atomic mass is 9.91. The molecule has 1 saturated heterocycles. The molecule has 2 N–H and O–H groups in total. The van der Waals surface area contributed by atoms with Gasteiger partial charge in [0.05, 0.1) is 12.2 Å². The Morgan fingerprint density at radius 1 is 1.48 bits per heavy atom. The molecule has 0 saturated carbocycles. The van der Waals surface area contributed by atoms with Crippen LogP contribution in [0.2, 0.25) is 0 Å². The number of carbonyl (C=O) groups is 1. The van der Waals surface area contributed by atoms with Gasteiger partial charge in [0.2, 0.25) is 0 Å². The zero-order chi connectivity index (χ0) is 16.3. The summed E-state index contributed by atoms with van der Waals surface area (Å²) in [4.78, 5) is 13.6. The molecule has 1 aliphatic heterocycles. The molecule has 124 valence electrons. The maximum atomic E-state index is 12.3. The number of carbonyl (C=O) groups excluding carboxylic acids is 1. The lowest BCUT2D eigenvalue weighted by Gasteiger charge is -2.23. The quantitative estimate of drug-likeness (QED) is 0.877. The van der Waals surface area contributed by atoms with Crippen LogP contribution in [0.4, 0.5) is 0 Å². The summed E-state index contributed by atoms with van der Waals surface area (Å²) in [6, 6.07) is 4.48. The molecule has 0 aliphatic carbocycles. The van der Waals surface area contributed by atoms with Crippen LogP contribution in [0.1, 0.15) is 48.1 Å². The number of hydrogen-bond donors (Lipinski definition) is 2. The van der Waals surface area contributed by atoms with Crippen molar-refractivity contribution in [2.45, 2.75) is 38.1 Å². The average molecular weight is 333 g/mol. The van der Waals surface area contributed by atoms with Gasteiger partial charge in [0.1, 0.15) is 0 Å². The predicted molar refractivity (Wildman–Crippen MR) is 90.8 cm³/mol. The third-order valence-electron chi connectivity index (χ3n) is 4.30. The van der Waals surface area contributed by atoms with E-state index in [1.54, 1.807) is 17.5 Å². The van der Waals surface area contributed by atoms with Crippen LogP contribution < -0.4 is 10.6 Å². The van der Waals surface area contributed by atoms with Crippen molar-refractivity contribution in [1.29, 1.82) is 0 Å². The molecule has 0 radical (unpaired) electrons. The number of aromatic nitrogens is 3. The molecule has 7 heteroatoms. The highest BCUT2D eigenvalue weighted by Crippen LogP contribution is 2.26. The topological polar surface area (TPSA) is 71.8 Å². The van der Waals surface area contributed by atoms with Crippen molar-refractivity contribution < 1.29 is 4.79 Å². The zero-order valence-corrected chi connectivity index (χ0v) is 14.4. The van der Waals surface area contributed by atoms with Crippen LogP contribution in [0.5, 0.6) is 0 Å². The van der Waals surface area contributed by atoms with Gasteiger partial charge in [-0.1, -0.05) is 25.1 Å². The van der Waals surface area contributed by atoms with Gasteiger partial charge in [-0.15, -0.1) is 16.4 Å². The van der Waals surface area contributed by atoms with Crippen molar-refractivity contribution in [3.05, 3.63) is 34.3 Å². The van der Waals surface area contributed by atoms with E-state index in [-0.39, 0.29) is 11.3 Å². The van der Waals surface area contributed by atoms with Gasteiger partial charge < -0.3 is 10.6 Å². The SMILES string of the molecule is CC(C)(CNC(=O)c1cn(C2CCNCC2)nn1)c1cccs1. The Morgan fingerprint density at radius 2 is 2.26 bits per heavy atom. The van der Waals surface area contributed by atoms with Crippen molar-refractivity contribution in [3.63, 3.8) is 0 Å². The number of hydrogen-bond acceptors (Lipinski definition) is 5. The summed E-state index contributed by atoms with van der Waals surface area (Å²) in [5.74, 6) is -0.158. The van der Waals surface area contributed by atoms with E-state index in [1.807, 2.05) is 10.7 Å². The summed E-state index contributed by atoms with van der Waals surface area (Å²) >= 11 is 1.71. The van der Waals surface area contributed by atoms with E-state index in [0.717, 1.165) is 25.9 Å². The molecule has 1 amide bonds. The van der Waals surface area contributed by atoms with Crippen LogP contribution in [-0.4, -0.2) is 40.5 Å². The monoisotopic (exact) mass is 333 g/mol. The number of amides is 1. The van der Waals surface area contributed by atoms with E-state index in [0.29, 0.717) is 18.3 Å².